The molecule has 2 atom stereocenters. The number of hydrogen-bond acceptors (Lipinski definition) is 6. The first-order valence-electron chi connectivity index (χ1n) is 12.3. The van der Waals surface area contributed by atoms with Gasteiger partial charge in [-0.2, -0.15) is 4.31 Å². The van der Waals surface area contributed by atoms with Gasteiger partial charge in [-0.1, -0.05) is 54.1 Å². The van der Waals surface area contributed by atoms with Crippen LogP contribution in [0, 0.1) is 0 Å². The van der Waals surface area contributed by atoms with Crippen molar-refractivity contribution in [3.05, 3.63) is 77.3 Å². The molecule has 8 nitrogen and oxygen atoms in total. The number of carboxylic acid groups (broad SMARTS) is 1. The molecule has 11 heteroatoms. The summed E-state index contributed by atoms with van der Waals surface area (Å²) < 4.78 is 29.2. The molecule has 0 spiro atoms. The summed E-state index contributed by atoms with van der Waals surface area (Å²) in [6.07, 6.45) is 0.0943. The molecule has 0 radical (unpaired) electrons. The van der Waals surface area contributed by atoms with E-state index in [1.807, 2.05) is 13.1 Å². The highest BCUT2D eigenvalue weighted by atomic mass is 35.5. The molecule has 1 saturated heterocycles. The van der Waals surface area contributed by atoms with E-state index in [2.05, 4.69) is 4.90 Å². The standard InChI is InChI=1S/C27H28ClN3O5S2/c1-29-13-15-30(16-14-29)24(32)18-31(27(26(33)34)17-22(27)19-5-3-2-4-6-19)38(35,36)25-12-11-23(37-25)20-7-9-21(28)10-8-20/h2-12,22H,13-18H2,1H3,(H,33,34)/t22-,27-/m1/s1. The van der Waals surface area contributed by atoms with Crippen molar-refractivity contribution in [2.24, 2.45) is 0 Å². The number of piperazine rings is 1. The highest BCUT2D eigenvalue weighted by molar-refractivity contribution is 7.91. The number of likely N-dealkylation sites (N-methyl/N-ethyl adjacent to an activating group) is 1. The minimum Gasteiger partial charge on any atom is -0.480 e. The number of aliphatic carboxylic acids is 1. The van der Waals surface area contributed by atoms with Crippen molar-refractivity contribution in [1.82, 2.24) is 14.1 Å². The van der Waals surface area contributed by atoms with Crippen LogP contribution in [0.1, 0.15) is 17.9 Å². The zero-order valence-corrected chi connectivity index (χ0v) is 23.2. The number of sulfonamides is 1. The maximum atomic E-state index is 14.1. The zero-order valence-electron chi connectivity index (χ0n) is 20.8. The van der Waals surface area contributed by atoms with Crippen molar-refractivity contribution >= 4 is 44.8 Å². The third-order valence-electron chi connectivity index (χ3n) is 7.34. The smallest absolute Gasteiger partial charge is 0.325 e. The van der Waals surface area contributed by atoms with Crippen molar-refractivity contribution in [1.29, 1.82) is 0 Å². The first-order chi connectivity index (χ1) is 18.1. The van der Waals surface area contributed by atoms with Crippen LogP contribution < -0.4 is 0 Å². The molecule has 1 saturated carbocycles. The van der Waals surface area contributed by atoms with Crippen LogP contribution >= 0.6 is 22.9 Å². The predicted molar refractivity (Wildman–Crippen MR) is 147 cm³/mol. The number of rotatable bonds is 8. The lowest BCUT2D eigenvalue weighted by Gasteiger charge is -2.35. The lowest BCUT2D eigenvalue weighted by atomic mass is 10.1. The van der Waals surface area contributed by atoms with Crippen LogP contribution in [0.15, 0.2) is 70.9 Å². The third-order valence-corrected chi connectivity index (χ3v) is 11.1. The van der Waals surface area contributed by atoms with E-state index >= 15 is 0 Å². The highest BCUT2D eigenvalue weighted by Crippen LogP contribution is 2.57. The Balaban J connectivity index is 1.52. The summed E-state index contributed by atoms with van der Waals surface area (Å²) in [5, 5.41) is 11.0. The van der Waals surface area contributed by atoms with E-state index in [1.165, 1.54) is 6.07 Å². The molecule has 2 aliphatic rings. The van der Waals surface area contributed by atoms with Crippen LogP contribution in [0.3, 0.4) is 0 Å². The molecule has 3 aromatic rings. The normalized spacial score (nSPS) is 22.0. The number of halogens is 1. The topological polar surface area (TPSA) is 98.2 Å². The fourth-order valence-electron chi connectivity index (χ4n) is 5.01. The van der Waals surface area contributed by atoms with Crippen molar-refractivity contribution in [3.63, 3.8) is 0 Å². The van der Waals surface area contributed by atoms with E-state index in [0.717, 1.165) is 26.8 Å². The Morgan fingerprint density at radius 3 is 2.32 bits per heavy atom. The monoisotopic (exact) mass is 573 g/mol. The van der Waals surface area contributed by atoms with Crippen molar-refractivity contribution in [3.8, 4) is 10.4 Å². The van der Waals surface area contributed by atoms with Crippen LogP contribution in [0.5, 0.6) is 0 Å². The maximum Gasteiger partial charge on any atom is 0.325 e. The van der Waals surface area contributed by atoms with E-state index < -0.39 is 39.9 Å². The van der Waals surface area contributed by atoms with Gasteiger partial charge in [0.05, 0.1) is 6.54 Å². The second-order valence-electron chi connectivity index (χ2n) is 9.72. The van der Waals surface area contributed by atoms with Crippen LogP contribution in [0.4, 0.5) is 0 Å². The summed E-state index contributed by atoms with van der Waals surface area (Å²) in [6, 6.07) is 19.2. The average molecular weight is 574 g/mol. The summed E-state index contributed by atoms with van der Waals surface area (Å²) >= 11 is 7.04. The van der Waals surface area contributed by atoms with Gasteiger partial charge in [0.25, 0.3) is 10.0 Å². The van der Waals surface area contributed by atoms with Crippen LogP contribution in [0.2, 0.25) is 5.02 Å². The summed E-state index contributed by atoms with van der Waals surface area (Å²) in [6.45, 7) is 1.74. The summed E-state index contributed by atoms with van der Waals surface area (Å²) in [7, 11) is -2.37. The quantitative estimate of drug-likeness (QED) is 0.440. The molecular formula is C27H28ClN3O5S2. The van der Waals surface area contributed by atoms with Crippen molar-refractivity contribution in [2.75, 3.05) is 39.8 Å². The van der Waals surface area contributed by atoms with E-state index in [0.29, 0.717) is 36.1 Å². The second kappa shape index (κ2) is 10.4. The van der Waals surface area contributed by atoms with Crippen LogP contribution in [0.25, 0.3) is 10.4 Å². The molecule has 1 amide bonds. The molecular weight excluding hydrogens is 546 g/mol. The minimum absolute atomic E-state index is 0.00651. The molecule has 200 valence electrons. The van der Waals surface area contributed by atoms with Crippen LogP contribution in [-0.2, 0) is 19.6 Å². The molecule has 38 heavy (non-hydrogen) atoms. The van der Waals surface area contributed by atoms with E-state index in [1.54, 1.807) is 59.5 Å². The molecule has 1 aliphatic heterocycles. The van der Waals surface area contributed by atoms with Gasteiger partial charge in [0.15, 0.2) is 0 Å². The Kier molecular flexibility index (Phi) is 7.36. The van der Waals surface area contributed by atoms with Gasteiger partial charge in [-0.3, -0.25) is 9.59 Å². The molecule has 1 N–H and O–H groups in total. The van der Waals surface area contributed by atoms with Gasteiger partial charge in [0.2, 0.25) is 5.91 Å². The van der Waals surface area contributed by atoms with Crippen molar-refractivity contribution < 1.29 is 23.1 Å². The summed E-state index contributed by atoms with van der Waals surface area (Å²) in [4.78, 5) is 30.6. The Morgan fingerprint density at radius 2 is 1.68 bits per heavy atom. The van der Waals surface area contributed by atoms with Gasteiger partial charge in [-0.25, -0.2) is 8.42 Å². The molecule has 5 rings (SSSR count). The maximum absolute atomic E-state index is 14.1. The van der Waals surface area contributed by atoms with Gasteiger partial charge >= 0.3 is 5.97 Å². The SMILES string of the molecule is CN1CCN(C(=O)CN([C@]2(C(=O)O)C[C@@H]2c2ccccc2)S(=O)(=O)c2ccc(-c3ccc(Cl)cc3)s2)CC1. The molecule has 1 aromatic heterocycles. The first-order valence-corrected chi connectivity index (χ1v) is 14.9. The second-order valence-corrected chi connectivity index (χ2v) is 13.3. The molecule has 1 aliphatic carbocycles. The summed E-state index contributed by atoms with van der Waals surface area (Å²) in [5.74, 6) is -2.21. The van der Waals surface area contributed by atoms with Crippen molar-refractivity contribution in [2.45, 2.75) is 22.1 Å². The number of hydrogen-bond donors (Lipinski definition) is 1. The number of benzene rings is 2. The minimum atomic E-state index is -4.33. The van der Waals surface area contributed by atoms with E-state index in [9.17, 15) is 23.1 Å². The Labute approximate surface area is 231 Å². The molecule has 2 fully saturated rings. The van der Waals surface area contributed by atoms with E-state index in [4.69, 9.17) is 11.6 Å². The molecule has 0 bridgehead atoms. The van der Waals surface area contributed by atoms with Gasteiger partial charge in [0, 0.05) is 42.0 Å². The highest BCUT2D eigenvalue weighted by Gasteiger charge is 2.68. The molecule has 0 unspecified atom stereocenters. The summed E-state index contributed by atoms with van der Waals surface area (Å²) in [5.41, 5.74) is -0.218. The van der Waals surface area contributed by atoms with Gasteiger partial charge in [-0.05, 0) is 48.9 Å². The molecule has 2 heterocycles. The average Bonchev–Trinajstić information content (AvgIpc) is 3.46. The van der Waals surface area contributed by atoms with Crippen LogP contribution in [-0.4, -0.2) is 84.8 Å². The fraction of sp³-hybridized carbons (Fsp3) is 0.333. The van der Waals surface area contributed by atoms with Gasteiger partial charge < -0.3 is 14.9 Å². The Morgan fingerprint density at radius 1 is 1.03 bits per heavy atom. The fourth-order valence-corrected chi connectivity index (χ4v) is 8.28. The lowest BCUT2D eigenvalue weighted by molar-refractivity contribution is -0.144. The number of nitrogens with zero attached hydrogens (tertiary/aromatic N) is 3. The number of thiophene rings is 1. The first kappa shape index (κ1) is 26.8. The Bertz CT molecular complexity index is 1440. The molecule has 2 aromatic carbocycles. The third kappa shape index (κ3) is 4.99. The van der Waals surface area contributed by atoms with Gasteiger partial charge in [-0.15, -0.1) is 11.3 Å². The number of carbonyl (C=O) groups excluding carboxylic acids is 1. The largest absolute Gasteiger partial charge is 0.480 e. The number of carbonyl (C=O) groups is 2. The number of amides is 1. The van der Waals surface area contributed by atoms with Gasteiger partial charge in [0.1, 0.15) is 9.75 Å². The number of carboxylic acids is 1. The lowest BCUT2D eigenvalue weighted by Crippen LogP contribution is -2.55. The zero-order chi connectivity index (χ0) is 27.1. The van der Waals surface area contributed by atoms with E-state index in [-0.39, 0.29) is 10.6 Å². The Hall–Kier alpha value is -2.76. The predicted octanol–water partition coefficient (Wildman–Crippen LogP) is 3.84.